The fourth-order valence-electron chi connectivity index (χ4n) is 2.40. The molecule has 2 atom stereocenters. The minimum atomic E-state index is -0.902. The van der Waals surface area contributed by atoms with Gasteiger partial charge in [-0.15, -0.1) is 0 Å². The van der Waals surface area contributed by atoms with Crippen molar-refractivity contribution in [3.63, 3.8) is 0 Å². The molecular formula is C13H17NO3. The number of carboxylic acid groups (broad SMARTS) is 1. The van der Waals surface area contributed by atoms with E-state index < -0.39 is 5.97 Å². The Bertz CT molecular complexity index is 419. The summed E-state index contributed by atoms with van der Waals surface area (Å²) < 4.78 is 0. The number of benzene rings is 1. The van der Waals surface area contributed by atoms with Gasteiger partial charge >= 0.3 is 5.97 Å². The van der Waals surface area contributed by atoms with Gasteiger partial charge in [-0.05, 0) is 18.1 Å². The Balaban J connectivity index is 2.27. The lowest BCUT2D eigenvalue weighted by Gasteiger charge is -2.20. The van der Waals surface area contributed by atoms with Gasteiger partial charge in [0.15, 0.2) is 0 Å². The van der Waals surface area contributed by atoms with Gasteiger partial charge in [0.2, 0.25) is 0 Å². The van der Waals surface area contributed by atoms with Crippen LogP contribution in [-0.4, -0.2) is 35.9 Å². The molecule has 4 nitrogen and oxygen atoms in total. The summed E-state index contributed by atoms with van der Waals surface area (Å²) in [4.78, 5) is 13.2. The van der Waals surface area contributed by atoms with E-state index in [2.05, 4.69) is 11.8 Å². The highest BCUT2D eigenvalue weighted by Gasteiger charge is 2.30. The minimum absolute atomic E-state index is 0.160. The lowest BCUT2D eigenvalue weighted by atomic mass is 10.00. The van der Waals surface area contributed by atoms with Crippen LogP contribution in [0.2, 0.25) is 0 Å². The summed E-state index contributed by atoms with van der Waals surface area (Å²) in [5.74, 6) is -0.278. The Labute approximate surface area is 100 Å². The SMILES string of the molecule is C[C@@H]1CN(c2ccccc2C(=O)O)C[C@@H]1CO. The Morgan fingerprint density at radius 1 is 1.41 bits per heavy atom. The molecular weight excluding hydrogens is 218 g/mol. The molecule has 0 spiro atoms. The number of hydrogen-bond donors (Lipinski definition) is 2. The highest BCUT2D eigenvalue weighted by atomic mass is 16.4. The maximum absolute atomic E-state index is 11.1. The molecule has 1 fully saturated rings. The summed E-state index contributed by atoms with van der Waals surface area (Å²) in [5.41, 5.74) is 1.08. The van der Waals surface area contributed by atoms with Crippen molar-refractivity contribution in [2.45, 2.75) is 6.92 Å². The van der Waals surface area contributed by atoms with E-state index in [4.69, 9.17) is 5.11 Å². The van der Waals surface area contributed by atoms with Crippen molar-refractivity contribution < 1.29 is 15.0 Å². The number of carbonyl (C=O) groups is 1. The van der Waals surface area contributed by atoms with Crippen LogP contribution >= 0.6 is 0 Å². The van der Waals surface area contributed by atoms with E-state index in [1.165, 1.54) is 0 Å². The van der Waals surface area contributed by atoms with Crippen molar-refractivity contribution in [2.75, 3.05) is 24.6 Å². The van der Waals surface area contributed by atoms with Gasteiger partial charge in [0.05, 0.1) is 11.3 Å². The summed E-state index contributed by atoms with van der Waals surface area (Å²) in [6.45, 7) is 3.77. The van der Waals surface area contributed by atoms with Crippen LogP contribution in [0.5, 0.6) is 0 Å². The molecule has 0 amide bonds. The summed E-state index contributed by atoms with van der Waals surface area (Å²) in [6.07, 6.45) is 0. The van der Waals surface area contributed by atoms with Crippen molar-refractivity contribution in [1.29, 1.82) is 0 Å². The first-order valence-corrected chi connectivity index (χ1v) is 5.81. The van der Waals surface area contributed by atoms with Crippen LogP contribution in [0.3, 0.4) is 0 Å². The van der Waals surface area contributed by atoms with Crippen LogP contribution < -0.4 is 4.90 Å². The average molecular weight is 235 g/mol. The number of aliphatic hydroxyl groups is 1. The van der Waals surface area contributed by atoms with Crippen LogP contribution in [0, 0.1) is 11.8 Å². The second-order valence-electron chi connectivity index (χ2n) is 4.65. The average Bonchev–Trinajstić information content (AvgIpc) is 2.70. The van der Waals surface area contributed by atoms with Crippen LogP contribution in [0.15, 0.2) is 24.3 Å². The zero-order valence-corrected chi connectivity index (χ0v) is 9.84. The van der Waals surface area contributed by atoms with E-state index in [1.807, 2.05) is 12.1 Å². The first-order valence-electron chi connectivity index (χ1n) is 5.81. The van der Waals surface area contributed by atoms with E-state index in [1.54, 1.807) is 12.1 Å². The lowest BCUT2D eigenvalue weighted by Crippen LogP contribution is -2.22. The molecule has 92 valence electrons. The van der Waals surface area contributed by atoms with Crippen LogP contribution in [-0.2, 0) is 0 Å². The zero-order chi connectivity index (χ0) is 12.4. The molecule has 2 rings (SSSR count). The van der Waals surface area contributed by atoms with Gasteiger partial charge in [-0.25, -0.2) is 4.79 Å². The number of anilines is 1. The van der Waals surface area contributed by atoms with Crippen molar-refractivity contribution >= 4 is 11.7 Å². The summed E-state index contributed by atoms with van der Waals surface area (Å²) in [6, 6.07) is 7.03. The number of carboxylic acids is 1. The van der Waals surface area contributed by atoms with E-state index in [0.717, 1.165) is 18.8 Å². The van der Waals surface area contributed by atoms with Gasteiger partial charge < -0.3 is 15.1 Å². The molecule has 1 saturated heterocycles. The van der Waals surface area contributed by atoms with Crippen LogP contribution in [0.4, 0.5) is 5.69 Å². The molecule has 0 radical (unpaired) electrons. The highest BCUT2D eigenvalue weighted by molar-refractivity contribution is 5.94. The third kappa shape index (κ3) is 2.26. The van der Waals surface area contributed by atoms with Crippen LogP contribution in [0.1, 0.15) is 17.3 Å². The monoisotopic (exact) mass is 235 g/mol. The second-order valence-corrected chi connectivity index (χ2v) is 4.65. The third-order valence-corrected chi connectivity index (χ3v) is 3.48. The molecule has 2 N–H and O–H groups in total. The van der Waals surface area contributed by atoms with Crippen molar-refractivity contribution in [3.8, 4) is 0 Å². The van der Waals surface area contributed by atoms with E-state index >= 15 is 0 Å². The predicted molar refractivity (Wildman–Crippen MR) is 65.4 cm³/mol. The predicted octanol–water partition coefficient (Wildman–Crippen LogP) is 1.45. The zero-order valence-electron chi connectivity index (χ0n) is 9.84. The van der Waals surface area contributed by atoms with Crippen molar-refractivity contribution in [3.05, 3.63) is 29.8 Å². The van der Waals surface area contributed by atoms with E-state index in [0.29, 0.717) is 11.5 Å². The van der Waals surface area contributed by atoms with Crippen LogP contribution in [0.25, 0.3) is 0 Å². The molecule has 0 bridgehead atoms. The van der Waals surface area contributed by atoms with Gasteiger partial charge in [-0.2, -0.15) is 0 Å². The Hall–Kier alpha value is -1.55. The summed E-state index contributed by atoms with van der Waals surface area (Å²) >= 11 is 0. The molecule has 1 aromatic rings. The van der Waals surface area contributed by atoms with Gasteiger partial charge in [-0.1, -0.05) is 19.1 Å². The van der Waals surface area contributed by atoms with Crippen molar-refractivity contribution in [2.24, 2.45) is 11.8 Å². The fraction of sp³-hybridized carbons (Fsp3) is 0.462. The largest absolute Gasteiger partial charge is 0.478 e. The molecule has 1 aromatic carbocycles. The number of aliphatic hydroxyl groups excluding tert-OH is 1. The summed E-state index contributed by atoms with van der Waals surface area (Å²) in [5, 5.41) is 18.4. The third-order valence-electron chi connectivity index (χ3n) is 3.48. The number of para-hydroxylation sites is 1. The van der Waals surface area contributed by atoms with Gasteiger partial charge in [-0.3, -0.25) is 0 Å². The molecule has 1 aliphatic heterocycles. The number of hydrogen-bond acceptors (Lipinski definition) is 3. The van der Waals surface area contributed by atoms with E-state index in [9.17, 15) is 9.90 Å². The Morgan fingerprint density at radius 3 is 2.71 bits per heavy atom. The lowest BCUT2D eigenvalue weighted by molar-refractivity contribution is 0.0697. The maximum Gasteiger partial charge on any atom is 0.337 e. The Morgan fingerprint density at radius 2 is 2.12 bits per heavy atom. The van der Waals surface area contributed by atoms with E-state index in [-0.39, 0.29) is 12.5 Å². The molecule has 1 heterocycles. The normalized spacial score (nSPS) is 24.0. The molecule has 0 unspecified atom stereocenters. The second kappa shape index (κ2) is 4.75. The molecule has 0 saturated carbocycles. The number of rotatable bonds is 3. The molecule has 1 aliphatic rings. The number of nitrogens with zero attached hydrogens (tertiary/aromatic N) is 1. The first-order chi connectivity index (χ1) is 8.13. The van der Waals surface area contributed by atoms with Crippen molar-refractivity contribution in [1.82, 2.24) is 0 Å². The molecule has 0 aromatic heterocycles. The fourth-order valence-corrected chi connectivity index (χ4v) is 2.40. The maximum atomic E-state index is 11.1. The standard InChI is InChI=1S/C13H17NO3/c1-9-6-14(7-10(9)8-15)12-5-3-2-4-11(12)13(16)17/h2-5,9-10,15H,6-8H2,1H3,(H,16,17)/t9-,10-/m1/s1. The molecule has 17 heavy (non-hydrogen) atoms. The molecule has 4 heteroatoms. The Kier molecular flexibility index (Phi) is 3.33. The summed E-state index contributed by atoms with van der Waals surface area (Å²) in [7, 11) is 0. The molecule has 0 aliphatic carbocycles. The van der Waals surface area contributed by atoms with Gasteiger partial charge in [0.25, 0.3) is 0 Å². The highest BCUT2D eigenvalue weighted by Crippen LogP contribution is 2.30. The number of aromatic carboxylic acids is 1. The smallest absolute Gasteiger partial charge is 0.337 e. The topological polar surface area (TPSA) is 60.8 Å². The minimum Gasteiger partial charge on any atom is -0.478 e. The van der Waals surface area contributed by atoms with Gasteiger partial charge in [0.1, 0.15) is 0 Å². The quantitative estimate of drug-likeness (QED) is 0.832. The first kappa shape index (κ1) is 11.9. The van der Waals surface area contributed by atoms with Gasteiger partial charge in [0, 0.05) is 25.6 Å².